The van der Waals surface area contributed by atoms with E-state index in [4.69, 9.17) is 14.6 Å². The summed E-state index contributed by atoms with van der Waals surface area (Å²) in [7, 11) is -4.85. The van der Waals surface area contributed by atoms with Crippen molar-refractivity contribution in [2.45, 2.75) is 68.4 Å². The second-order valence-electron chi connectivity index (χ2n) is 9.08. The molecule has 1 unspecified atom stereocenters. The van der Waals surface area contributed by atoms with Crippen LogP contribution in [0.15, 0.2) is 0 Å². The van der Waals surface area contributed by atoms with Gasteiger partial charge in [-0.25, -0.2) is 9.97 Å². The van der Waals surface area contributed by atoms with Crippen LogP contribution in [0.4, 0.5) is 5.82 Å². The Balaban J connectivity index is 1.63. The van der Waals surface area contributed by atoms with Crippen LogP contribution in [-0.2, 0) is 14.0 Å². The third kappa shape index (κ3) is 5.26. The van der Waals surface area contributed by atoms with Crippen LogP contribution in [-0.4, -0.2) is 99.9 Å². The highest BCUT2D eigenvalue weighted by Crippen LogP contribution is 2.51. The van der Waals surface area contributed by atoms with Crippen molar-refractivity contribution in [3.63, 3.8) is 0 Å². The highest BCUT2D eigenvalue weighted by atomic mass is 31.2. The number of nitrogens with zero attached hydrogens (tertiary/aromatic N) is 3. The highest BCUT2D eigenvalue weighted by Gasteiger charge is 2.49. The van der Waals surface area contributed by atoms with Crippen LogP contribution in [0.5, 0.6) is 0 Å². The Hall–Kier alpha value is -2.18. The van der Waals surface area contributed by atoms with Crippen LogP contribution in [0.25, 0.3) is 11.0 Å². The first-order valence-corrected chi connectivity index (χ1v) is 13.1. The first kappa shape index (κ1) is 26.9. The number of aliphatic hydroxyl groups excluding tert-OH is 4. The number of hydrogen-bond donors (Lipinski definition) is 8. The molecule has 0 amide bonds. The molecule has 198 valence electrons. The lowest BCUT2D eigenvalue weighted by atomic mass is 10.0. The van der Waals surface area contributed by atoms with Crippen molar-refractivity contribution in [2.75, 3.05) is 25.1 Å². The van der Waals surface area contributed by atoms with Crippen LogP contribution in [0, 0.1) is 11.8 Å². The van der Waals surface area contributed by atoms with Gasteiger partial charge in [0.05, 0.1) is 18.6 Å². The molecule has 5 atom stereocenters. The topological polar surface area (TPSA) is 223 Å². The maximum atomic E-state index is 11.7. The van der Waals surface area contributed by atoms with Gasteiger partial charge in [0, 0.05) is 6.04 Å². The van der Waals surface area contributed by atoms with E-state index in [1.807, 2.05) is 0 Å². The number of ether oxygens (including phenoxy) is 2. The zero-order chi connectivity index (χ0) is 26.1. The number of aromatic amines is 1. The van der Waals surface area contributed by atoms with Gasteiger partial charge in [0.1, 0.15) is 42.5 Å². The van der Waals surface area contributed by atoms with E-state index in [1.165, 1.54) is 0 Å². The number of aromatic nitrogens is 4. The third-order valence-corrected chi connectivity index (χ3v) is 8.03. The van der Waals surface area contributed by atoms with Crippen LogP contribution in [0.2, 0.25) is 0 Å². The van der Waals surface area contributed by atoms with Gasteiger partial charge < -0.3 is 45.0 Å². The number of nitrogens with one attached hydrogen (secondary N) is 2. The zero-order valence-electron chi connectivity index (χ0n) is 19.5. The molecule has 3 heterocycles. The molecular weight excluding hydrogens is 497 g/mol. The molecule has 2 aliphatic rings. The lowest BCUT2D eigenvalue weighted by Gasteiger charge is -2.30. The second-order valence-corrected chi connectivity index (χ2v) is 11.1. The van der Waals surface area contributed by atoms with Crippen molar-refractivity contribution < 1.29 is 44.3 Å². The lowest BCUT2D eigenvalue weighted by molar-refractivity contribution is -0.0933. The third-order valence-electron chi connectivity index (χ3n) is 6.52. The Bertz CT molecular complexity index is 1190. The van der Waals surface area contributed by atoms with E-state index in [0.717, 1.165) is 32.6 Å². The molecule has 0 spiro atoms. The SMILES string of the molecule is CC(CO)(OC[C@H]1O[C@H](c2n[nH]c3nc(C#CCO)nc(NC4CCCC4)c23)[C@H](O)[C@@H]1O)P(=O)(O)O. The van der Waals surface area contributed by atoms with Gasteiger partial charge in [-0.15, -0.1) is 0 Å². The van der Waals surface area contributed by atoms with Crippen molar-refractivity contribution in [3.05, 3.63) is 11.5 Å². The van der Waals surface area contributed by atoms with E-state index in [1.54, 1.807) is 0 Å². The van der Waals surface area contributed by atoms with Crippen molar-refractivity contribution in [1.82, 2.24) is 20.2 Å². The minimum absolute atomic E-state index is 0.159. The molecule has 8 N–H and O–H groups in total. The average molecular weight is 527 g/mol. The monoisotopic (exact) mass is 527 g/mol. The Labute approximate surface area is 206 Å². The number of anilines is 1. The maximum Gasteiger partial charge on any atom is 0.359 e. The quantitative estimate of drug-likeness (QED) is 0.154. The van der Waals surface area contributed by atoms with Gasteiger partial charge in [-0.3, -0.25) is 9.66 Å². The molecule has 2 aromatic heterocycles. The maximum absolute atomic E-state index is 11.7. The molecule has 14 nitrogen and oxygen atoms in total. The molecule has 36 heavy (non-hydrogen) atoms. The predicted octanol–water partition coefficient (Wildman–Crippen LogP) is -0.884. The molecule has 15 heteroatoms. The summed E-state index contributed by atoms with van der Waals surface area (Å²) in [4.78, 5) is 27.8. The molecule has 4 rings (SSSR count). The van der Waals surface area contributed by atoms with E-state index < -0.39 is 50.6 Å². The Morgan fingerprint density at radius 3 is 2.58 bits per heavy atom. The Morgan fingerprint density at radius 2 is 1.94 bits per heavy atom. The highest BCUT2D eigenvalue weighted by molar-refractivity contribution is 7.53. The Kier molecular flexibility index (Phi) is 7.96. The average Bonchev–Trinajstić information content (AvgIpc) is 3.56. The molecule has 1 saturated heterocycles. The number of rotatable bonds is 8. The first-order valence-electron chi connectivity index (χ1n) is 11.5. The fraction of sp³-hybridized carbons (Fsp3) is 0.667. The van der Waals surface area contributed by atoms with Gasteiger partial charge in [-0.05, 0) is 25.7 Å². The molecular formula is C21H30N5O9P. The van der Waals surface area contributed by atoms with Crippen LogP contribution >= 0.6 is 7.60 Å². The summed E-state index contributed by atoms with van der Waals surface area (Å²) in [6.07, 6.45) is -1.20. The van der Waals surface area contributed by atoms with Gasteiger partial charge in [0.2, 0.25) is 5.82 Å². The molecule has 1 aliphatic carbocycles. The second kappa shape index (κ2) is 10.7. The van der Waals surface area contributed by atoms with Crippen LogP contribution < -0.4 is 5.32 Å². The number of H-pyrrole nitrogens is 1. The van der Waals surface area contributed by atoms with Gasteiger partial charge >= 0.3 is 7.60 Å². The molecule has 1 aliphatic heterocycles. The van der Waals surface area contributed by atoms with E-state index in [-0.39, 0.29) is 24.2 Å². The van der Waals surface area contributed by atoms with E-state index in [9.17, 15) is 29.7 Å². The minimum Gasteiger partial charge on any atom is -0.393 e. The first-order chi connectivity index (χ1) is 17.1. The van der Waals surface area contributed by atoms with Crippen molar-refractivity contribution in [3.8, 4) is 11.8 Å². The van der Waals surface area contributed by atoms with Crippen molar-refractivity contribution in [2.24, 2.45) is 0 Å². The fourth-order valence-electron chi connectivity index (χ4n) is 4.30. The van der Waals surface area contributed by atoms with Crippen molar-refractivity contribution in [1.29, 1.82) is 0 Å². The van der Waals surface area contributed by atoms with Gasteiger partial charge in [-0.1, -0.05) is 18.8 Å². The van der Waals surface area contributed by atoms with E-state index in [0.29, 0.717) is 16.9 Å². The normalized spacial score (nSPS) is 26.6. The van der Waals surface area contributed by atoms with Gasteiger partial charge in [-0.2, -0.15) is 5.10 Å². The zero-order valence-corrected chi connectivity index (χ0v) is 20.4. The summed E-state index contributed by atoms with van der Waals surface area (Å²) < 4.78 is 22.8. The minimum atomic E-state index is -4.85. The van der Waals surface area contributed by atoms with E-state index >= 15 is 0 Å². The molecule has 0 radical (unpaired) electrons. The summed E-state index contributed by atoms with van der Waals surface area (Å²) in [5.74, 6) is 5.75. The van der Waals surface area contributed by atoms with E-state index in [2.05, 4.69) is 37.3 Å². The van der Waals surface area contributed by atoms with Crippen LogP contribution in [0.1, 0.15) is 50.2 Å². The van der Waals surface area contributed by atoms with Gasteiger partial charge in [0.25, 0.3) is 0 Å². The number of aliphatic hydroxyl groups is 4. The molecule has 2 fully saturated rings. The number of hydrogen-bond acceptors (Lipinski definition) is 11. The lowest BCUT2D eigenvalue weighted by Crippen LogP contribution is -2.39. The smallest absolute Gasteiger partial charge is 0.359 e. The van der Waals surface area contributed by atoms with Crippen LogP contribution in [0.3, 0.4) is 0 Å². The largest absolute Gasteiger partial charge is 0.393 e. The van der Waals surface area contributed by atoms with Gasteiger partial charge in [0.15, 0.2) is 11.0 Å². The predicted molar refractivity (Wildman–Crippen MR) is 125 cm³/mol. The summed E-state index contributed by atoms with van der Waals surface area (Å²) in [6, 6.07) is 0.162. The van der Waals surface area contributed by atoms with Crippen molar-refractivity contribution >= 4 is 24.4 Å². The fourth-order valence-corrected chi connectivity index (χ4v) is 4.72. The molecule has 2 aromatic rings. The summed E-state index contributed by atoms with van der Waals surface area (Å²) in [5.41, 5.74) is 0.531. The summed E-state index contributed by atoms with van der Waals surface area (Å²) >= 11 is 0. The number of fused-ring (bicyclic) bond motifs is 1. The molecule has 1 saturated carbocycles. The summed E-state index contributed by atoms with van der Waals surface area (Å²) in [6.45, 7) is -0.795. The molecule has 0 bridgehead atoms. The molecule has 0 aromatic carbocycles. The standard InChI is InChI=1S/C21H30N5O9P/c1-21(10-28,36(31,32)33)34-9-12-16(29)17(30)18(35-12)15-14-19(22-11-5-2-3-6-11)23-13(7-4-8-27)24-20(14)26-25-15/h11-12,16-18,27-30H,2-3,5-6,8-10H2,1H3,(H2,31,32,33)(H2,22,23,24,25,26)/t12-,16-,17-,18-,21?/m1/s1. The summed E-state index contributed by atoms with van der Waals surface area (Å²) in [5, 5.41) is 48.4. The Morgan fingerprint density at radius 1 is 1.22 bits per heavy atom.